The summed E-state index contributed by atoms with van der Waals surface area (Å²) in [6, 6.07) is 0. The van der Waals surface area contributed by atoms with Gasteiger partial charge >= 0.3 is 11.9 Å². The quantitative estimate of drug-likeness (QED) is 0.271. The fraction of sp³-hybridized carbons (Fsp3) is 0.806. The van der Waals surface area contributed by atoms with Gasteiger partial charge in [-0.3, -0.25) is 9.59 Å². The van der Waals surface area contributed by atoms with Crippen LogP contribution < -0.4 is 0 Å². The van der Waals surface area contributed by atoms with Gasteiger partial charge in [-0.05, 0) is 79.1 Å². The second-order valence-electron chi connectivity index (χ2n) is 13.1. The third kappa shape index (κ3) is 5.27. The summed E-state index contributed by atoms with van der Waals surface area (Å²) in [4.78, 5) is 22.8. The van der Waals surface area contributed by atoms with Crippen molar-refractivity contribution < 1.29 is 19.4 Å². The van der Waals surface area contributed by atoms with Gasteiger partial charge in [-0.2, -0.15) is 0 Å². The number of fused-ring (bicyclic) bond motifs is 5. The molecular weight excluding hydrogens is 436 g/mol. The molecule has 4 nitrogen and oxygen atoms in total. The van der Waals surface area contributed by atoms with Crippen molar-refractivity contribution in [3.8, 4) is 0 Å². The molecule has 8 atom stereocenters. The van der Waals surface area contributed by atoms with Crippen LogP contribution >= 0.6 is 0 Å². The number of hydrogen-bond donors (Lipinski definition) is 1. The Labute approximate surface area is 213 Å². The monoisotopic (exact) mass is 484 g/mol. The predicted molar refractivity (Wildman–Crippen MR) is 140 cm³/mol. The van der Waals surface area contributed by atoms with Crippen LogP contribution in [0.4, 0.5) is 0 Å². The summed E-state index contributed by atoms with van der Waals surface area (Å²) in [5.41, 5.74) is 1.98. The van der Waals surface area contributed by atoms with Crippen molar-refractivity contribution in [2.24, 2.45) is 46.3 Å². The molecule has 0 bridgehead atoms. The maximum atomic E-state index is 12.1. The molecule has 0 heterocycles. The summed E-state index contributed by atoms with van der Waals surface area (Å²) in [6.45, 7) is 12.3. The highest BCUT2D eigenvalue weighted by molar-refractivity contribution is 5.76. The van der Waals surface area contributed by atoms with Crippen molar-refractivity contribution in [3.05, 3.63) is 23.8 Å². The Hall–Kier alpha value is -1.58. The van der Waals surface area contributed by atoms with Crippen molar-refractivity contribution in [1.29, 1.82) is 0 Å². The first kappa shape index (κ1) is 26.5. The average Bonchev–Trinajstić information content (AvgIpc) is 3.15. The summed E-state index contributed by atoms with van der Waals surface area (Å²) >= 11 is 0. The maximum Gasteiger partial charge on any atom is 0.306 e. The van der Waals surface area contributed by atoms with Gasteiger partial charge in [0, 0.05) is 11.8 Å². The molecule has 0 amide bonds. The molecular formula is C31H48O4. The fourth-order valence-corrected chi connectivity index (χ4v) is 8.77. The molecule has 4 heteroatoms. The lowest BCUT2D eigenvalue weighted by Crippen LogP contribution is -2.49. The standard InChI is InChI=1S/C31H48O4/c1-20(2)7-6-8-21(3)25-11-12-26-24-10-9-22-19-23(35-29(34)14-13-28(32)33)15-17-30(22,4)27(24)16-18-31(25,26)5/h9,15,17,20-21,23-27H,6-8,10-14,16,18-19H2,1-5H3,(H,32,33)/t21-,23-,24+,25+,26-,27+,30+,31-/m0/s1. The second-order valence-corrected chi connectivity index (χ2v) is 13.1. The van der Waals surface area contributed by atoms with Crippen LogP contribution in [0.25, 0.3) is 0 Å². The third-order valence-electron chi connectivity index (χ3n) is 10.6. The normalized spacial score (nSPS) is 38.8. The molecule has 35 heavy (non-hydrogen) atoms. The summed E-state index contributed by atoms with van der Waals surface area (Å²) in [6.07, 6.45) is 17.9. The third-order valence-corrected chi connectivity index (χ3v) is 10.6. The van der Waals surface area contributed by atoms with Crippen LogP contribution in [0.2, 0.25) is 0 Å². The van der Waals surface area contributed by atoms with Crippen molar-refractivity contribution in [2.45, 2.75) is 111 Å². The number of aliphatic carboxylic acids is 1. The van der Waals surface area contributed by atoms with Crippen molar-refractivity contribution in [2.75, 3.05) is 0 Å². The van der Waals surface area contributed by atoms with E-state index < -0.39 is 11.9 Å². The van der Waals surface area contributed by atoms with Gasteiger partial charge in [-0.1, -0.05) is 71.6 Å². The lowest BCUT2D eigenvalue weighted by molar-refractivity contribution is -0.150. The second kappa shape index (κ2) is 10.4. The zero-order valence-electron chi connectivity index (χ0n) is 22.7. The van der Waals surface area contributed by atoms with Crippen LogP contribution in [0.3, 0.4) is 0 Å². The Balaban J connectivity index is 1.42. The molecule has 2 saturated carbocycles. The van der Waals surface area contributed by atoms with Crippen LogP contribution in [-0.2, 0) is 14.3 Å². The topological polar surface area (TPSA) is 63.6 Å². The van der Waals surface area contributed by atoms with Crippen LogP contribution in [-0.4, -0.2) is 23.1 Å². The maximum absolute atomic E-state index is 12.1. The number of esters is 1. The predicted octanol–water partition coefficient (Wildman–Crippen LogP) is 7.58. The van der Waals surface area contributed by atoms with Gasteiger partial charge in [0.05, 0.1) is 12.8 Å². The first-order valence-electron chi connectivity index (χ1n) is 14.3. The molecule has 0 saturated heterocycles. The van der Waals surface area contributed by atoms with Gasteiger partial charge in [-0.15, -0.1) is 0 Å². The van der Waals surface area contributed by atoms with E-state index in [4.69, 9.17) is 9.84 Å². The highest BCUT2D eigenvalue weighted by atomic mass is 16.5. The van der Waals surface area contributed by atoms with Crippen molar-refractivity contribution in [1.82, 2.24) is 0 Å². The van der Waals surface area contributed by atoms with E-state index in [0.717, 1.165) is 42.4 Å². The van der Waals surface area contributed by atoms with Gasteiger partial charge in [0.15, 0.2) is 0 Å². The van der Waals surface area contributed by atoms with E-state index >= 15 is 0 Å². The largest absolute Gasteiger partial charge is 0.481 e. The Bertz CT molecular complexity index is 856. The fourth-order valence-electron chi connectivity index (χ4n) is 8.77. The molecule has 4 aliphatic carbocycles. The summed E-state index contributed by atoms with van der Waals surface area (Å²) in [5, 5.41) is 8.82. The van der Waals surface area contributed by atoms with Gasteiger partial charge in [0.2, 0.25) is 0 Å². The minimum absolute atomic E-state index is 0.0575. The number of rotatable bonds is 9. The van der Waals surface area contributed by atoms with Crippen LogP contribution in [0, 0.1) is 46.3 Å². The van der Waals surface area contributed by atoms with Gasteiger partial charge in [0.25, 0.3) is 0 Å². The average molecular weight is 485 g/mol. The Morgan fingerprint density at radius 1 is 1.09 bits per heavy atom. The Morgan fingerprint density at radius 3 is 2.57 bits per heavy atom. The van der Waals surface area contributed by atoms with E-state index in [1.807, 2.05) is 0 Å². The number of carboxylic acids is 1. The van der Waals surface area contributed by atoms with E-state index in [9.17, 15) is 9.59 Å². The molecule has 0 unspecified atom stereocenters. The summed E-state index contributed by atoms with van der Waals surface area (Å²) in [7, 11) is 0. The molecule has 2 fully saturated rings. The molecule has 0 spiro atoms. The van der Waals surface area contributed by atoms with Crippen molar-refractivity contribution >= 4 is 11.9 Å². The molecule has 0 aromatic rings. The zero-order valence-corrected chi connectivity index (χ0v) is 22.7. The summed E-state index contributed by atoms with van der Waals surface area (Å²) < 4.78 is 5.61. The Morgan fingerprint density at radius 2 is 1.86 bits per heavy atom. The van der Waals surface area contributed by atoms with E-state index in [1.165, 1.54) is 50.5 Å². The molecule has 1 N–H and O–H groups in total. The number of carboxylic acid groups (broad SMARTS) is 1. The number of allylic oxidation sites excluding steroid dienone is 2. The number of ether oxygens (including phenoxy) is 1. The first-order valence-corrected chi connectivity index (χ1v) is 14.3. The van der Waals surface area contributed by atoms with Gasteiger partial charge < -0.3 is 9.84 Å². The van der Waals surface area contributed by atoms with Crippen LogP contribution in [0.15, 0.2) is 23.8 Å². The number of carbonyl (C=O) groups excluding carboxylic acids is 1. The number of carbonyl (C=O) groups is 2. The van der Waals surface area contributed by atoms with Gasteiger partial charge in [-0.25, -0.2) is 0 Å². The lowest BCUT2D eigenvalue weighted by Gasteiger charge is -2.57. The Kier molecular flexibility index (Phi) is 7.88. The molecule has 0 aromatic carbocycles. The molecule has 196 valence electrons. The lowest BCUT2D eigenvalue weighted by atomic mass is 9.48. The minimum Gasteiger partial charge on any atom is -0.481 e. The highest BCUT2D eigenvalue weighted by Gasteiger charge is 2.58. The first-order chi connectivity index (χ1) is 16.5. The minimum atomic E-state index is -0.960. The van der Waals surface area contributed by atoms with Crippen molar-refractivity contribution in [3.63, 3.8) is 0 Å². The molecule has 0 radical (unpaired) electrons. The van der Waals surface area contributed by atoms with Gasteiger partial charge in [0.1, 0.15) is 6.10 Å². The zero-order chi connectivity index (χ0) is 25.4. The van der Waals surface area contributed by atoms with E-state index in [-0.39, 0.29) is 24.4 Å². The van der Waals surface area contributed by atoms with Crippen LogP contribution in [0.5, 0.6) is 0 Å². The van der Waals surface area contributed by atoms with E-state index in [2.05, 4.69) is 52.8 Å². The summed E-state index contributed by atoms with van der Waals surface area (Å²) in [5.74, 6) is 3.40. The highest BCUT2D eigenvalue weighted by Crippen LogP contribution is 2.66. The molecule has 0 aliphatic heterocycles. The van der Waals surface area contributed by atoms with E-state index in [1.54, 1.807) is 0 Å². The van der Waals surface area contributed by atoms with Crippen LogP contribution in [0.1, 0.15) is 105 Å². The smallest absolute Gasteiger partial charge is 0.306 e. The number of hydrogen-bond acceptors (Lipinski definition) is 3. The van der Waals surface area contributed by atoms with E-state index in [0.29, 0.717) is 11.3 Å². The molecule has 4 aliphatic rings. The molecule has 0 aromatic heterocycles. The molecule has 4 rings (SSSR count). The SMILES string of the molecule is CC(C)CCC[C@H](C)[C@H]1CC[C@H]2[C@H]3CC=C4C[C@@H](OC(=O)CCC(=O)O)C=C[C@@]4(C)[C@@H]3CC[C@@]12C.